The summed E-state index contributed by atoms with van der Waals surface area (Å²) in [6, 6.07) is 1.86. The molecule has 2 heterocycles. The second-order valence-corrected chi connectivity index (χ2v) is 5.07. The third-order valence-corrected chi connectivity index (χ3v) is 3.13. The van der Waals surface area contributed by atoms with E-state index in [1.165, 1.54) is 5.56 Å². The summed E-state index contributed by atoms with van der Waals surface area (Å²) in [5.74, 6) is 1.27. The molecule has 0 spiro atoms. The van der Waals surface area contributed by atoms with Crippen molar-refractivity contribution in [3.8, 4) is 5.88 Å². The van der Waals surface area contributed by atoms with E-state index in [9.17, 15) is 0 Å². The van der Waals surface area contributed by atoms with Crippen LogP contribution >= 0.6 is 0 Å². The molecule has 2 aromatic rings. The molecule has 0 aromatic carbocycles. The van der Waals surface area contributed by atoms with E-state index >= 15 is 0 Å². The van der Waals surface area contributed by atoms with Crippen LogP contribution in [-0.2, 0) is 6.42 Å². The summed E-state index contributed by atoms with van der Waals surface area (Å²) in [6.45, 7) is 7.55. The second kappa shape index (κ2) is 7.61. The Morgan fingerprint density at radius 3 is 2.86 bits per heavy atom. The number of nitrogens with one attached hydrogen (secondary N) is 2. The molecule has 6 nitrogen and oxygen atoms in total. The molecular formula is C15H23N5O. The molecule has 2 rings (SSSR count). The quantitative estimate of drug-likeness (QED) is 0.731. The molecule has 0 bridgehead atoms. The average molecular weight is 289 g/mol. The highest BCUT2D eigenvalue weighted by molar-refractivity contribution is 5.30. The second-order valence-electron chi connectivity index (χ2n) is 5.07. The first kappa shape index (κ1) is 15.3. The van der Waals surface area contributed by atoms with Crippen LogP contribution in [0, 0.1) is 13.8 Å². The molecule has 21 heavy (non-hydrogen) atoms. The van der Waals surface area contributed by atoms with Crippen LogP contribution in [0.3, 0.4) is 0 Å². The van der Waals surface area contributed by atoms with Crippen LogP contribution in [0.2, 0.25) is 0 Å². The van der Waals surface area contributed by atoms with Crippen LogP contribution in [-0.4, -0.2) is 33.3 Å². The van der Waals surface area contributed by atoms with Gasteiger partial charge in [-0.3, -0.25) is 5.10 Å². The highest BCUT2D eigenvalue weighted by Gasteiger charge is 2.04. The van der Waals surface area contributed by atoms with E-state index < -0.39 is 0 Å². The maximum Gasteiger partial charge on any atom is 0.226 e. The van der Waals surface area contributed by atoms with Gasteiger partial charge >= 0.3 is 0 Å². The first-order valence-electron chi connectivity index (χ1n) is 7.40. The van der Waals surface area contributed by atoms with Gasteiger partial charge in [-0.25, -0.2) is 4.98 Å². The lowest BCUT2D eigenvalue weighted by Gasteiger charge is -2.08. The summed E-state index contributed by atoms with van der Waals surface area (Å²) >= 11 is 0. The minimum absolute atomic E-state index is 0.630. The molecule has 0 fully saturated rings. The molecule has 0 unspecified atom stereocenters. The predicted molar refractivity (Wildman–Crippen MR) is 82.7 cm³/mol. The van der Waals surface area contributed by atoms with E-state index in [4.69, 9.17) is 4.74 Å². The Morgan fingerprint density at radius 2 is 2.14 bits per heavy atom. The first-order chi connectivity index (χ1) is 10.2. The molecule has 0 radical (unpaired) electrons. The minimum atomic E-state index is 0.630. The molecule has 0 saturated heterocycles. The Hall–Kier alpha value is -2.11. The zero-order valence-corrected chi connectivity index (χ0v) is 12.9. The Bertz CT molecular complexity index is 567. The van der Waals surface area contributed by atoms with E-state index in [0.29, 0.717) is 18.4 Å². The summed E-state index contributed by atoms with van der Waals surface area (Å²) in [7, 11) is 0. The topological polar surface area (TPSA) is 75.7 Å². The fraction of sp³-hybridized carbons (Fsp3) is 0.533. The van der Waals surface area contributed by atoms with Crippen molar-refractivity contribution >= 4 is 5.95 Å². The number of H-pyrrole nitrogens is 1. The third-order valence-electron chi connectivity index (χ3n) is 3.13. The fourth-order valence-electron chi connectivity index (χ4n) is 2.01. The fourth-order valence-corrected chi connectivity index (χ4v) is 2.01. The molecule has 0 aliphatic rings. The van der Waals surface area contributed by atoms with Gasteiger partial charge in [0.05, 0.1) is 12.8 Å². The van der Waals surface area contributed by atoms with Crippen LogP contribution < -0.4 is 10.1 Å². The summed E-state index contributed by atoms with van der Waals surface area (Å²) in [6.07, 6.45) is 4.84. The monoisotopic (exact) mass is 289 g/mol. The Balaban J connectivity index is 1.82. The van der Waals surface area contributed by atoms with Gasteiger partial charge in [0.25, 0.3) is 0 Å². The predicted octanol–water partition coefficient (Wildman–Crippen LogP) is 2.65. The number of hydrogen-bond acceptors (Lipinski definition) is 5. The number of aromatic amines is 1. The van der Waals surface area contributed by atoms with E-state index in [-0.39, 0.29) is 0 Å². The molecule has 0 aliphatic heterocycles. The van der Waals surface area contributed by atoms with Crippen molar-refractivity contribution < 1.29 is 4.74 Å². The summed E-state index contributed by atoms with van der Waals surface area (Å²) in [5.41, 5.74) is 3.30. The number of ether oxygens (including phenoxy) is 1. The lowest BCUT2D eigenvalue weighted by molar-refractivity contribution is 0.305. The van der Waals surface area contributed by atoms with E-state index in [2.05, 4.69) is 32.4 Å². The lowest BCUT2D eigenvalue weighted by atomic mass is 10.1. The van der Waals surface area contributed by atoms with Crippen molar-refractivity contribution in [3.63, 3.8) is 0 Å². The van der Waals surface area contributed by atoms with E-state index in [0.717, 1.165) is 37.2 Å². The van der Waals surface area contributed by atoms with Gasteiger partial charge in [0, 0.05) is 24.0 Å². The van der Waals surface area contributed by atoms with Gasteiger partial charge in [0.2, 0.25) is 11.8 Å². The van der Waals surface area contributed by atoms with Crippen molar-refractivity contribution in [2.75, 3.05) is 18.5 Å². The molecule has 2 aromatic heterocycles. The highest BCUT2D eigenvalue weighted by Crippen LogP contribution is 2.12. The molecular weight excluding hydrogens is 266 g/mol. The summed E-state index contributed by atoms with van der Waals surface area (Å²) in [4.78, 5) is 8.73. The Labute approximate surface area is 125 Å². The van der Waals surface area contributed by atoms with Gasteiger partial charge in [-0.05, 0) is 38.7 Å². The Morgan fingerprint density at radius 1 is 1.29 bits per heavy atom. The average Bonchev–Trinajstić information content (AvgIpc) is 2.86. The number of anilines is 1. The Kier molecular flexibility index (Phi) is 5.54. The van der Waals surface area contributed by atoms with Gasteiger partial charge in [0.15, 0.2) is 0 Å². The number of hydrogen-bond donors (Lipinski definition) is 2. The molecule has 114 valence electrons. The zero-order valence-electron chi connectivity index (χ0n) is 12.9. The van der Waals surface area contributed by atoms with Crippen molar-refractivity contribution in [2.24, 2.45) is 0 Å². The van der Waals surface area contributed by atoms with Crippen LogP contribution in [0.5, 0.6) is 5.88 Å². The molecule has 0 atom stereocenters. The van der Waals surface area contributed by atoms with Gasteiger partial charge < -0.3 is 10.1 Å². The van der Waals surface area contributed by atoms with Crippen molar-refractivity contribution in [3.05, 3.63) is 29.2 Å². The largest absolute Gasteiger partial charge is 0.478 e. The van der Waals surface area contributed by atoms with Crippen molar-refractivity contribution in [1.29, 1.82) is 0 Å². The molecule has 0 amide bonds. The van der Waals surface area contributed by atoms with E-state index in [1.807, 2.05) is 26.1 Å². The van der Waals surface area contributed by atoms with Crippen molar-refractivity contribution in [2.45, 2.75) is 40.0 Å². The van der Waals surface area contributed by atoms with Crippen LogP contribution in [0.4, 0.5) is 5.95 Å². The normalized spacial score (nSPS) is 10.6. The third kappa shape index (κ3) is 4.73. The maximum atomic E-state index is 5.55. The zero-order chi connectivity index (χ0) is 15.1. The number of rotatable bonds is 8. The SMILES string of the molecule is CCCOc1cc(C)nc(NCCCc2cn[nH]c2C)n1. The summed E-state index contributed by atoms with van der Waals surface area (Å²) < 4.78 is 5.55. The molecule has 0 aliphatic carbocycles. The lowest BCUT2D eigenvalue weighted by Crippen LogP contribution is -2.08. The van der Waals surface area contributed by atoms with Crippen LogP contribution in [0.25, 0.3) is 0 Å². The van der Waals surface area contributed by atoms with Gasteiger partial charge in [-0.1, -0.05) is 6.92 Å². The highest BCUT2D eigenvalue weighted by atomic mass is 16.5. The van der Waals surface area contributed by atoms with Gasteiger partial charge in [-0.2, -0.15) is 10.1 Å². The number of aromatic nitrogens is 4. The van der Waals surface area contributed by atoms with Crippen LogP contribution in [0.15, 0.2) is 12.3 Å². The minimum Gasteiger partial charge on any atom is -0.478 e. The van der Waals surface area contributed by atoms with Gasteiger partial charge in [0.1, 0.15) is 0 Å². The molecule has 0 saturated carbocycles. The van der Waals surface area contributed by atoms with E-state index in [1.54, 1.807) is 0 Å². The smallest absolute Gasteiger partial charge is 0.226 e. The van der Waals surface area contributed by atoms with Gasteiger partial charge in [-0.15, -0.1) is 0 Å². The molecule has 2 N–H and O–H groups in total. The standard InChI is InChI=1S/C15H23N5O/c1-4-8-21-14-9-11(2)18-15(19-14)16-7-5-6-13-10-17-20-12(13)3/h9-10H,4-8H2,1-3H3,(H,17,20)(H,16,18,19). The van der Waals surface area contributed by atoms with Crippen molar-refractivity contribution in [1.82, 2.24) is 20.2 Å². The number of aryl methyl sites for hydroxylation is 3. The maximum absolute atomic E-state index is 5.55. The molecule has 6 heteroatoms. The van der Waals surface area contributed by atoms with Crippen LogP contribution in [0.1, 0.15) is 36.7 Å². The first-order valence-corrected chi connectivity index (χ1v) is 7.40. The summed E-state index contributed by atoms with van der Waals surface area (Å²) in [5, 5.41) is 10.2. The number of nitrogens with zero attached hydrogens (tertiary/aromatic N) is 3.